The highest BCUT2D eigenvalue weighted by Gasteiger charge is 2.33. The van der Waals surface area contributed by atoms with Crippen LogP contribution in [0.2, 0.25) is 0 Å². The molecule has 0 spiro atoms. The van der Waals surface area contributed by atoms with Crippen molar-refractivity contribution >= 4 is 33.7 Å². The average Bonchev–Trinajstić information content (AvgIpc) is 3.21. The molecular weight excluding hydrogens is 443 g/mol. The lowest BCUT2D eigenvalue weighted by Gasteiger charge is -2.24. The molecule has 31 heavy (non-hydrogen) atoms. The fourth-order valence-electron chi connectivity index (χ4n) is 3.07. The van der Waals surface area contributed by atoms with Crippen molar-refractivity contribution in [2.24, 2.45) is 0 Å². The van der Waals surface area contributed by atoms with Gasteiger partial charge < -0.3 is 9.64 Å². The van der Waals surface area contributed by atoms with E-state index >= 15 is 0 Å². The fourth-order valence-corrected chi connectivity index (χ4v) is 5.56. The van der Waals surface area contributed by atoms with Gasteiger partial charge in [0, 0.05) is 17.9 Å². The SMILES string of the molecule is Cc1ccc(S(=O)(=O)N[C@@H](C)C(=O)OCC(=O)N2CCSC2c2ccccc2F)cc1. The molecule has 1 aliphatic rings. The lowest BCUT2D eigenvalue weighted by molar-refractivity contribution is -0.153. The minimum Gasteiger partial charge on any atom is -0.454 e. The summed E-state index contributed by atoms with van der Waals surface area (Å²) in [4.78, 5) is 26.3. The molecule has 1 amide bonds. The van der Waals surface area contributed by atoms with Gasteiger partial charge in [0.05, 0.1) is 4.90 Å². The predicted octanol–water partition coefficient (Wildman–Crippen LogP) is 2.62. The van der Waals surface area contributed by atoms with Crippen LogP contribution in [0.4, 0.5) is 4.39 Å². The zero-order chi connectivity index (χ0) is 22.6. The quantitative estimate of drug-likeness (QED) is 0.631. The van der Waals surface area contributed by atoms with Crippen LogP contribution in [0.1, 0.15) is 23.4 Å². The van der Waals surface area contributed by atoms with Crippen molar-refractivity contribution in [1.82, 2.24) is 9.62 Å². The molecule has 2 aromatic rings. The number of rotatable bonds is 7. The largest absolute Gasteiger partial charge is 0.454 e. The van der Waals surface area contributed by atoms with E-state index in [0.29, 0.717) is 17.9 Å². The number of nitrogens with zero attached hydrogens (tertiary/aromatic N) is 1. The molecule has 0 aliphatic carbocycles. The summed E-state index contributed by atoms with van der Waals surface area (Å²) in [6.07, 6.45) is 0. The number of benzene rings is 2. The minimum atomic E-state index is -3.92. The maximum atomic E-state index is 14.1. The smallest absolute Gasteiger partial charge is 0.324 e. The molecular formula is C21H23FN2O5S2. The van der Waals surface area contributed by atoms with E-state index in [-0.39, 0.29) is 4.90 Å². The Balaban J connectivity index is 1.57. The summed E-state index contributed by atoms with van der Waals surface area (Å²) in [5.74, 6) is -1.12. The van der Waals surface area contributed by atoms with Crippen LogP contribution in [0, 0.1) is 12.7 Å². The van der Waals surface area contributed by atoms with Crippen molar-refractivity contribution in [3.05, 3.63) is 65.5 Å². The number of sulfonamides is 1. The van der Waals surface area contributed by atoms with Crippen molar-refractivity contribution in [3.63, 3.8) is 0 Å². The Hall–Kier alpha value is -2.43. The second-order valence-corrected chi connectivity index (χ2v) is 10.00. The Morgan fingerprint density at radius 1 is 1.23 bits per heavy atom. The Morgan fingerprint density at radius 2 is 1.90 bits per heavy atom. The molecule has 1 aliphatic heterocycles. The highest BCUT2D eigenvalue weighted by atomic mass is 32.2. The van der Waals surface area contributed by atoms with E-state index in [4.69, 9.17) is 4.74 Å². The molecule has 1 fully saturated rings. The highest BCUT2D eigenvalue weighted by Crippen LogP contribution is 2.38. The van der Waals surface area contributed by atoms with E-state index < -0.39 is 45.7 Å². The molecule has 1 heterocycles. The molecule has 1 saturated heterocycles. The van der Waals surface area contributed by atoms with E-state index in [9.17, 15) is 22.4 Å². The maximum Gasteiger partial charge on any atom is 0.324 e. The molecule has 0 aromatic heterocycles. The third-order valence-corrected chi connectivity index (χ3v) is 7.54. The number of hydrogen-bond donors (Lipinski definition) is 1. The summed E-state index contributed by atoms with van der Waals surface area (Å²) in [5, 5.41) is -0.495. The number of thioether (sulfide) groups is 1. The maximum absolute atomic E-state index is 14.1. The van der Waals surface area contributed by atoms with Gasteiger partial charge in [-0.25, -0.2) is 12.8 Å². The summed E-state index contributed by atoms with van der Waals surface area (Å²) in [5.41, 5.74) is 1.29. The minimum absolute atomic E-state index is 0.0237. The first-order valence-electron chi connectivity index (χ1n) is 9.60. The zero-order valence-electron chi connectivity index (χ0n) is 17.1. The van der Waals surface area contributed by atoms with Crippen molar-refractivity contribution in [1.29, 1.82) is 0 Å². The summed E-state index contributed by atoms with van der Waals surface area (Å²) < 4.78 is 46.2. The zero-order valence-corrected chi connectivity index (χ0v) is 18.7. The van der Waals surface area contributed by atoms with E-state index in [2.05, 4.69) is 4.72 Å². The Morgan fingerprint density at radius 3 is 2.58 bits per heavy atom. The number of esters is 1. The molecule has 166 valence electrons. The van der Waals surface area contributed by atoms with Crippen molar-refractivity contribution < 1.29 is 27.1 Å². The van der Waals surface area contributed by atoms with Gasteiger partial charge in [0.15, 0.2) is 6.61 Å². The standard InChI is InChI=1S/C21H23FN2O5S2/c1-14-7-9-16(10-8-14)31(27,28)23-15(2)21(26)29-13-19(25)24-11-12-30-20(24)17-5-3-4-6-18(17)22/h3-10,15,20,23H,11-13H2,1-2H3/t15-,20?/m0/s1. The van der Waals surface area contributed by atoms with Crippen molar-refractivity contribution in [3.8, 4) is 0 Å². The molecule has 2 aromatic carbocycles. The van der Waals surface area contributed by atoms with E-state index in [0.717, 1.165) is 5.56 Å². The molecule has 2 atom stereocenters. The normalized spacial score (nSPS) is 17.4. The summed E-state index contributed by atoms with van der Waals surface area (Å²) in [6.45, 7) is 3.01. The van der Waals surface area contributed by atoms with Crippen molar-refractivity contribution in [2.45, 2.75) is 30.2 Å². The Kier molecular flexibility index (Phi) is 7.34. The number of nitrogens with one attached hydrogen (secondary N) is 1. The topological polar surface area (TPSA) is 92.8 Å². The van der Waals surface area contributed by atoms with Gasteiger partial charge in [-0.2, -0.15) is 4.72 Å². The van der Waals surface area contributed by atoms with Crippen LogP contribution in [0.3, 0.4) is 0 Å². The van der Waals surface area contributed by atoms with Crippen LogP contribution in [0.25, 0.3) is 0 Å². The first-order valence-corrected chi connectivity index (χ1v) is 12.1. The van der Waals surface area contributed by atoms with Crippen LogP contribution < -0.4 is 4.72 Å². The van der Waals surface area contributed by atoms with Gasteiger partial charge in [-0.15, -0.1) is 11.8 Å². The van der Waals surface area contributed by atoms with Crippen molar-refractivity contribution in [2.75, 3.05) is 18.9 Å². The van der Waals surface area contributed by atoms with E-state index in [1.54, 1.807) is 30.3 Å². The van der Waals surface area contributed by atoms with E-state index in [1.165, 1.54) is 41.8 Å². The molecule has 3 rings (SSSR count). The van der Waals surface area contributed by atoms with Crippen LogP contribution in [-0.4, -0.2) is 50.1 Å². The second kappa shape index (κ2) is 9.80. The number of aryl methyl sites for hydroxylation is 1. The van der Waals surface area contributed by atoms with Crippen LogP contribution in [0.15, 0.2) is 53.4 Å². The predicted molar refractivity (Wildman–Crippen MR) is 115 cm³/mol. The Labute approximate surface area is 185 Å². The number of carbonyl (C=O) groups is 2. The molecule has 0 radical (unpaired) electrons. The Bertz CT molecular complexity index is 1060. The molecule has 0 saturated carbocycles. The van der Waals surface area contributed by atoms with Crippen LogP contribution in [0.5, 0.6) is 0 Å². The highest BCUT2D eigenvalue weighted by molar-refractivity contribution is 7.99. The van der Waals surface area contributed by atoms with Gasteiger partial charge in [-0.3, -0.25) is 9.59 Å². The third-order valence-electron chi connectivity index (χ3n) is 4.74. The number of ether oxygens (including phenoxy) is 1. The number of amides is 1. The van der Waals surface area contributed by atoms with Crippen LogP contribution >= 0.6 is 11.8 Å². The van der Waals surface area contributed by atoms with Gasteiger partial charge >= 0.3 is 5.97 Å². The number of hydrogen-bond acceptors (Lipinski definition) is 6. The first-order chi connectivity index (χ1) is 14.7. The van der Waals surface area contributed by atoms with Gasteiger partial charge in [0.1, 0.15) is 17.2 Å². The monoisotopic (exact) mass is 466 g/mol. The molecule has 10 heteroatoms. The molecule has 1 unspecified atom stereocenters. The summed E-state index contributed by atoms with van der Waals surface area (Å²) >= 11 is 1.43. The van der Waals surface area contributed by atoms with Gasteiger partial charge in [-0.05, 0) is 32.0 Å². The van der Waals surface area contributed by atoms with Gasteiger partial charge in [0.25, 0.3) is 5.91 Å². The third kappa shape index (κ3) is 5.63. The number of carbonyl (C=O) groups excluding carboxylic acids is 2. The first kappa shape index (κ1) is 23.2. The van der Waals surface area contributed by atoms with E-state index in [1.807, 2.05) is 6.92 Å². The second-order valence-electron chi connectivity index (χ2n) is 7.10. The summed E-state index contributed by atoms with van der Waals surface area (Å²) in [7, 11) is -3.92. The number of halogens is 1. The van der Waals surface area contributed by atoms with Gasteiger partial charge in [-0.1, -0.05) is 35.9 Å². The summed E-state index contributed by atoms with van der Waals surface area (Å²) in [6, 6.07) is 11.2. The average molecular weight is 467 g/mol. The lowest BCUT2D eigenvalue weighted by Crippen LogP contribution is -2.41. The molecule has 1 N–H and O–H groups in total. The van der Waals surface area contributed by atoms with Gasteiger partial charge in [0.2, 0.25) is 10.0 Å². The fraction of sp³-hybridized carbons (Fsp3) is 0.333. The van der Waals surface area contributed by atoms with Crippen LogP contribution in [-0.2, 0) is 24.3 Å². The molecule has 0 bridgehead atoms. The molecule has 7 nitrogen and oxygen atoms in total. The lowest BCUT2D eigenvalue weighted by atomic mass is 10.2.